The Hall–Kier alpha value is -0.350. The first-order chi connectivity index (χ1) is 5.68. The molecule has 0 saturated carbocycles. The monoisotopic (exact) mass is 205 g/mol. The normalized spacial score (nSPS) is 13.3. The number of Topliss-reactive ketones (excluding diaryl/α,β-unsaturated/α-hetero) is 1. The summed E-state index contributed by atoms with van der Waals surface area (Å²) in [7, 11) is 0. The summed E-state index contributed by atoms with van der Waals surface area (Å²) in [6, 6.07) is 4.72. The van der Waals surface area contributed by atoms with E-state index in [-0.39, 0.29) is 29.6 Å². The first kappa shape index (κ1) is 10.7. The van der Waals surface area contributed by atoms with Gasteiger partial charge in [0.05, 0.1) is 11.3 Å². The Kier molecular flexibility index (Phi) is 3.14. The summed E-state index contributed by atoms with van der Waals surface area (Å²) < 4.78 is 0. The second-order valence-corrected chi connectivity index (χ2v) is 2.91. The fourth-order valence-electron chi connectivity index (χ4n) is 1.11. The third-order valence-corrected chi connectivity index (χ3v) is 1.92. The number of benzene rings is 1. The van der Waals surface area contributed by atoms with Crippen LogP contribution in [0.4, 0.5) is 5.69 Å². The summed E-state index contributed by atoms with van der Waals surface area (Å²) in [5.41, 5.74) is 0.891. The molecule has 1 aliphatic rings. The minimum atomic E-state index is -0.590. The molecule has 13 heavy (non-hydrogen) atoms. The second kappa shape index (κ2) is 3.80. The van der Waals surface area contributed by atoms with E-state index in [2.05, 4.69) is 5.32 Å². The third-order valence-electron chi connectivity index (χ3n) is 1.68. The van der Waals surface area contributed by atoms with E-state index in [1.54, 1.807) is 12.1 Å². The quantitative estimate of drug-likeness (QED) is 0.504. The maximum absolute atomic E-state index is 11.1. The molecule has 0 radical (unpaired) electrons. The summed E-state index contributed by atoms with van der Waals surface area (Å²) in [6.07, 6.45) is 0. The Morgan fingerprint density at radius 1 is 1.23 bits per heavy atom. The second-order valence-electron chi connectivity index (χ2n) is 2.47. The number of nitrogens with one attached hydrogen (secondary N) is 1. The molecule has 2 rings (SSSR count). The molecule has 1 aromatic rings. The van der Waals surface area contributed by atoms with Crippen LogP contribution >= 0.6 is 11.6 Å². The summed E-state index contributed by atoms with van der Waals surface area (Å²) in [5.74, 6) is -1.11. The zero-order valence-electron chi connectivity index (χ0n) is 5.93. The fourth-order valence-corrected chi connectivity index (χ4v) is 1.29. The van der Waals surface area contributed by atoms with Crippen molar-refractivity contribution in [2.24, 2.45) is 0 Å². The molecule has 0 aliphatic carbocycles. The number of halogens is 1. The Balaban J connectivity index is 0.000000845. The molecular formula is C8H5ClNNaO2. The molecule has 0 aromatic heterocycles. The summed E-state index contributed by atoms with van der Waals surface area (Å²) in [6.45, 7) is 0. The van der Waals surface area contributed by atoms with Crippen molar-refractivity contribution in [1.29, 1.82) is 0 Å². The number of hydrogen-bond donors (Lipinski definition) is 1. The van der Waals surface area contributed by atoms with Crippen LogP contribution in [0.3, 0.4) is 0 Å². The Morgan fingerprint density at radius 3 is 2.62 bits per heavy atom. The predicted octanol–water partition coefficient (Wildman–Crippen LogP) is 0.826. The maximum atomic E-state index is 11.1. The SMILES string of the molecule is O=C1Nc2ccc(Cl)cc2C1=O.[NaH]. The number of hydrogen-bond acceptors (Lipinski definition) is 2. The first-order valence-corrected chi connectivity index (χ1v) is 3.71. The molecule has 5 heteroatoms. The van der Waals surface area contributed by atoms with Crippen molar-refractivity contribution >= 4 is 58.5 Å². The molecule has 1 N–H and O–H groups in total. The topological polar surface area (TPSA) is 46.2 Å². The van der Waals surface area contributed by atoms with Gasteiger partial charge in [0.25, 0.3) is 11.7 Å². The van der Waals surface area contributed by atoms with Gasteiger partial charge in [-0.25, -0.2) is 0 Å². The van der Waals surface area contributed by atoms with Crippen molar-refractivity contribution < 1.29 is 9.59 Å². The van der Waals surface area contributed by atoms with Crippen molar-refractivity contribution in [3.8, 4) is 0 Å². The standard InChI is InChI=1S/C8H4ClNO2.Na.H/c9-4-1-2-6-5(3-4)7(11)8(12)10-6;;/h1-3H,(H,10,11,12);;. The Bertz CT molecular complexity index is 392. The van der Waals surface area contributed by atoms with Gasteiger partial charge >= 0.3 is 29.6 Å². The van der Waals surface area contributed by atoms with Crippen molar-refractivity contribution in [2.75, 3.05) is 5.32 Å². The number of carbonyl (C=O) groups is 2. The number of fused-ring (bicyclic) bond motifs is 1. The number of anilines is 1. The average molecular weight is 206 g/mol. The van der Waals surface area contributed by atoms with Gasteiger partial charge in [0.2, 0.25) is 0 Å². The summed E-state index contributed by atoms with van der Waals surface area (Å²) in [5, 5.41) is 2.88. The molecule has 0 unspecified atom stereocenters. The van der Waals surface area contributed by atoms with Crippen molar-refractivity contribution in [3.05, 3.63) is 28.8 Å². The van der Waals surface area contributed by atoms with Gasteiger partial charge in [-0.3, -0.25) is 9.59 Å². The van der Waals surface area contributed by atoms with Crippen molar-refractivity contribution in [1.82, 2.24) is 0 Å². The van der Waals surface area contributed by atoms with Crippen LogP contribution in [-0.2, 0) is 4.79 Å². The number of rotatable bonds is 0. The number of carbonyl (C=O) groups excluding carboxylic acids is 2. The van der Waals surface area contributed by atoms with Gasteiger partial charge < -0.3 is 5.32 Å². The Labute approximate surface area is 102 Å². The van der Waals surface area contributed by atoms with Gasteiger partial charge in [-0.05, 0) is 18.2 Å². The van der Waals surface area contributed by atoms with Gasteiger partial charge in [-0.2, -0.15) is 0 Å². The molecule has 0 saturated heterocycles. The van der Waals surface area contributed by atoms with Crippen molar-refractivity contribution in [3.63, 3.8) is 0 Å². The molecule has 1 amide bonds. The number of ketones is 1. The van der Waals surface area contributed by atoms with E-state index < -0.39 is 11.7 Å². The van der Waals surface area contributed by atoms with E-state index in [0.717, 1.165) is 0 Å². The van der Waals surface area contributed by atoms with E-state index >= 15 is 0 Å². The zero-order chi connectivity index (χ0) is 8.72. The Morgan fingerprint density at radius 2 is 1.92 bits per heavy atom. The summed E-state index contributed by atoms with van der Waals surface area (Å²) in [4.78, 5) is 21.9. The van der Waals surface area contributed by atoms with Crippen LogP contribution in [0.1, 0.15) is 10.4 Å². The van der Waals surface area contributed by atoms with Gasteiger partial charge in [0.1, 0.15) is 0 Å². The molecule has 1 heterocycles. The van der Waals surface area contributed by atoms with Crippen LogP contribution in [-0.4, -0.2) is 41.2 Å². The molecule has 0 fully saturated rings. The van der Waals surface area contributed by atoms with E-state index in [0.29, 0.717) is 16.3 Å². The molecule has 0 spiro atoms. The zero-order valence-corrected chi connectivity index (χ0v) is 6.68. The van der Waals surface area contributed by atoms with Gasteiger partial charge in [-0.15, -0.1) is 0 Å². The third kappa shape index (κ3) is 1.79. The minimum absolute atomic E-state index is 0. The van der Waals surface area contributed by atoms with Crippen LogP contribution in [0.15, 0.2) is 18.2 Å². The molecule has 3 nitrogen and oxygen atoms in total. The van der Waals surface area contributed by atoms with E-state index in [1.165, 1.54) is 6.07 Å². The molecule has 1 aromatic carbocycles. The molecule has 0 atom stereocenters. The van der Waals surface area contributed by atoms with Gasteiger partial charge in [-0.1, -0.05) is 11.6 Å². The van der Waals surface area contributed by atoms with E-state index in [4.69, 9.17) is 11.6 Å². The number of amides is 1. The van der Waals surface area contributed by atoms with E-state index in [1.807, 2.05) is 0 Å². The van der Waals surface area contributed by atoms with Gasteiger partial charge in [0, 0.05) is 5.02 Å². The van der Waals surface area contributed by atoms with Crippen LogP contribution in [0, 0.1) is 0 Å². The van der Waals surface area contributed by atoms with E-state index in [9.17, 15) is 9.59 Å². The fraction of sp³-hybridized carbons (Fsp3) is 0. The summed E-state index contributed by atoms with van der Waals surface area (Å²) >= 11 is 5.65. The molecule has 1 aliphatic heterocycles. The van der Waals surface area contributed by atoms with Crippen LogP contribution in [0.2, 0.25) is 5.02 Å². The first-order valence-electron chi connectivity index (χ1n) is 3.34. The van der Waals surface area contributed by atoms with Crippen LogP contribution in [0.5, 0.6) is 0 Å². The van der Waals surface area contributed by atoms with Crippen LogP contribution < -0.4 is 5.32 Å². The molecular weight excluding hydrogens is 201 g/mol. The van der Waals surface area contributed by atoms with Gasteiger partial charge in [0.15, 0.2) is 0 Å². The van der Waals surface area contributed by atoms with Crippen LogP contribution in [0.25, 0.3) is 0 Å². The predicted molar refractivity (Wildman–Crippen MR) is 51.6 cm³/mol. The molecule has 62 valence electrons. The average Bonchev–Trinajstić information content (AvgIpc) is 2.31. The van der Waals surface area contributed by atoms with Crippen molar-refractivity contribution in [2.45, 2.75) is 0 Å². The molecule has 0 bridgehead atoms.